The summed E-state index contributed by atoms with van der Waals surface area (Å²) in [6.45, 7) is 4.18. The van der Waals surface area contributed by atoms with Crippen LogP contribution in [0.1, 0.15) is 25.5 Å². The fraction of sp³-hybridized carbons (Fsp3) is 0.231. The van der Waals surface area contributed by atoms with Crippen molar-refractivity contribution in [2.24, 2.45) is 0 Å². The van der Waals surface area contributed by atoms with Gasteiger partial charge in [-0.25, -0.2) is 9.97 Å². The minimum atomic E-state index is 0.366. The molecule has 0 unspecified atom stereocenters. The molecule has 0 radical (unpaired) electrons. The third-order valence-corrected chi connectivity index (χ3v) is 2.82. The summed E-state index contributed by atoms with van der Waals surface area (Å²) >= 11 is 3.38. The lowest BCUT2D eigenvalue weighted by Gasteiger charge is -2.07. The average molecular weight is 293 g/mol. The van der Waals surface area contributed by atoms with Gasteiger partial charge in [0.1, 0.15) is 12.1 Å². The number of ether oxygens (including phenoxy) is 1. The van der Waals surface area contributed by atoms with Crippen molar-refractivity contribution in [1.82, 2.24) is 9.97 Å². The minimum Gasteiger partial charge on any atom is -0.439 e. The van der Waals surface area contributed by atoms with Gasteiger partial charge in [-0.05, 0) is 30.2 Å². The number of aromatic nitrogens is 2. The van der Waals surface area contributed by atoms with Crippen molar-refractivity contribution in [2.75, 3.05) is 0 Å². The smallest absolute Gasteiger partial charge is 0.222 e. The molecule has 88 valence electrons. The summed E-state index contributed by atoms with van der Waals surface area (Å²) in [6.07, 6.45) is 1.53. The van der Waals surface area contributed by atoms with Crippen LogP contribution < -0.4 is 4.74 Å². The third kappa shape index (κ3) is 3.27. The molecule has 0 saturated carbocycles. The maximum Gasteiger partial charge on any atom is 0.222 e. The number of halogens is 1. The normalized spacial score (nSPS) is 10.6. The van der Waals surface area contributed by atoms with E-state index in [1.165, 1.54) is 6.33 Å². The fourth-order valence-electron chi connectivity index (χ4n) is 1.35. The summed E-state index contributed by atoms with van der Waals surface area (Å²) in [6, 6.07) is 9.51. The van der Waals surface area contributed by atoms with Gasteiger partial charge in [0.2, 0.25) is 5.88 Å². The highest BCUT2D eigenvalue weighted by Gasteiger charge is 2.04. The van der Waals surface area contributed by atoms with E-state index in [4.69, 9.17) is 4.74 Å². The first kappa shape index (κ1) is 12.0. The van der Waals surface area contributed by atoms with Crippen LogP contribution in [-0.4, -0.2) is 9.97 Å². The summed E-state index contributed by atoms with van der Waals surface area (Å²) in [4.78, 5) is 8.29. The van der Waals surface area contributed by atoms with Gasteiger partial charge < -0.3 is 4.74 Å². The van der Waals surface area contributed by atoms with Crippen LogP contribution in [0.25, 0.3) is 0 Å². The van der Waals surface area contributed by atoms with E-state index in [0.29, 0.717) is 11.8 Å². The zero-order valence-corrected chi connectivity index (χ0v) is 11.3. The molecule has 1 aromatic heterocycles. The highest BCUT2D eigenvalue weighted by atomic mass is 79.9. The van der Waals surface area contributed by atoms with Crippen LogP contribution in [0.3, 0.4) is 0 Å². The van der Waals surface area contributed by atoms with Crippen LogP contribution in [0.5, 0.6) is 11.6 Å². The molecule has 2 rings (SSSR count). The molecule has 0 atom stereocenters. The van der Waals surface area contributed by atoms with Gasteiger partial charge in [0.25, 0.3) is 0 Å². The molecule has 0 bridgehead atoms. The molecule has 4 heteroatoms. The van der Waals surface area contributed by atoms with Crippen molar-refractivity contribution in [3.8, 4) is 11.6 Å². The lowest BCUT2D eigenvalue weighted by molar-refractivity contribution is 0.459. The van der Waals surface area contributed by atoms with E-state index in [1.807, 2.05) is 30.3 Å². The van der Waals surface area contributed by atoms with Crippen molar-refractivity contribution in [1.29, 1.82) is 0 Å². The number of hydrogen-bond donors (Lipinski definition) is 0. The molecule has 0 fully saturated rings. The monoisotopic (exact) mass is 292 g/mol. The van der Waals surface area contributed by atoms with Gasteiger partial charge in [-0.3, -0.25) is 0 Å². The standard InChI is InChI=1S/C13H13BrN2O/c1-9(2)12-7-13(16-8-15-12)17-11-5-3-10(14)4-6-11/h3-9H,1-2H3. The van der Waals surface area contributed by atoms with Crippen molar-refractivity contribution in [3.63, 3.8) is 0 Å². The van der Waals surface area contributed by atoms with Gasteiger partial charge >= 0.3 is 0 Å². The number of nitrogens with zero attached hydrogens (tertiary/aromatic N) is 2. The van der Waals surface area contributed by atoms with Gasteiger partial charge in [-0.15, -0.1) is 0 Å². The van der Waals surface area contributed by atoms with Crippen molar-refractivity contribution >= 4 is 15.9 Å². The van der Waals surface area contributed by atoms with Crippen LogP contribution >= 0.6 is 15.9 Å². The SMILES string of the molecule is CC(C)c1cc(Oc2ccc(Br)cc2)ncn1. The second-order valence-corrected chi connectivity index (χ2v) is 4.91. The van der Waals surface area contributed by atoms with Gasteiger partial charge in [0.05, 0.1) is 5.69 Å². The van der Waals surface area contributed by atoms with Gasteiger partial charge in [-0.1, -0.05) is 29.8 Å². The third-order valence-electron chi connectivity index (χ3n) is 2.29. The molecule has 0 saturated heterocycles. The highest BCUT2D eigenvalue weighted by molar-refractivity contribution is 9.10. The van der Waals surface area contributed by atoms with E-state index >= 15 is 0 Å². The molecule has 1 aromatic carbocycles. The lowest BCUT2D eigenvalue weighted by Crippen LogP contribution is -1.95. The Balaban J connectivity index is 2.18. The number of benzene rings is 1. The lowest BCUT2D eigenvalue weighted by atomic mass is 10.1. The van der Waals surface area contributed by atoms with E-state index in [0.717, 1.165) is 15.9 Å². The molecule has 0 aliphatic heterocycles. The van der Waals surface area contributed by atoms with E-state index in [-0.39, 0.29) is 0 Å². The summed E-state index contributed by atoms with van der Waals surface area (Å²) in [5.74, 6) is 1.71. The predicted molar refractivity (Wildman–Crippen MR) is 70.3 cm³/mol. The Morgan fingerprint density at radius 2 is 1.82 bits per heavy atom. The molecular weight excluding hydrogens is 280 g/mol. The van der Waals surface area contributed by atoms with Crippen molar-refractivity contribution in [3.05, 3.63) is 46.8 Å². The first-order valence-corrected chi connectivity index (χ1v) is 6.20. The van der Waals surface area contributed by atoms with Gasteiger partial charge in [0, 0.05) is 10.5 Å². The van der Waals surface area contributed by atoms with Crippen LogP contribution in [0.15, 0.2) is 41.1 Å². The minimum absolute atomic E-state index is 0.366. The maximum atomic E-state index is 5.65. The second-order valence-electron chi connectivity index (χ2n) is 3.99. The zero-order valence-electron chi connectivity index (χ0n) is 9.72. The van der Waals surface area contributed by atoms with Gasteiger partial charge in [-0.2, -0.15) is 0 Å². The molecule has 1 heterocycles. The van der Waals surface area contributed by atoms with Crippen LogP contribution in [0.4, 0.5) is 0 Å². The van der Waals surface area contributed by atoms with Crippen LogP contribution in [-0.2, 0) is 0 Å². The Morgan fingerprint density at radius 1 is 1.12 bits per heavy atom. The first-order chi connectivity index (χ1) is 8.15. The fourth-order valence-corrected chi connectivity index (χ4v) is 1.61. The highest BCUT2D eigenvalue weighted by Crippen LogP contribution is 2.23. The van der Waals surface area contributed by atoms with E-state index < -0.39 is 0 Å². The second kappa shape index (κ2) is 5.27. The average Bonchev–Trinajstić information content (AvgIpc) is 2.32. The Bertz CT molecular complexity index is 497. The molecule has 2 aromatic rings. The van der Waals surface area contributed by atoms with Crippen molar-refractivity contribution < 1.29 is 4.74 Å². The summed E-state index contributed by atoms with van der Waals surface area (Å²) < 4.78 is 6.68. The summed E-state index contributed by atoms with van der Waals surface area (Å²) in [5.41, 5.74) is 0.979. The largest absolute Gasteiger partial charge is 0.439 e. The molecule has 0 spiro atoms. The Kier molecular flexibility index (Phi) is 3.74. The summed E-state index contributed by atoms with van der Waals surface area (Å²) in [5, 5.41) is 0. The molecule has 0 aliphatic rings. The zero-order chi connectivity index (χ0) is 12.3. The quantitative estimate of drug-likeness (QED) is 0.852. The Morgan fingerprint density at radius 3 is 2.47 bits per heavy atom. The topological polar surface area (TPSA) is 35.0 Å². The molecule has 0 aliphatic carbocycles. The van der Waals surface area contributed by atoms with Crippen LogP contribution in [0.2, 0.25) is 0 Å². The van der Waals surface area contributed by atoms with Gasteiger partial charge in [0.15, 0.2) is 0 Å². The Labute approximate surface area is 109 Å². The molecule has 3 nitrogen and oxygen atoms in total. The summed E-state index contributed by atoms with van der Waals surface area (Å²) in [7, 11) is 0. The van der Waals surface area contributed by atoms with Crippen LogP contribution in [0, 0.1) is 0 Å². The first-order valence-electron chi connectivity index (χ1n) is 5.40. The maximum absolute atomic E-state index is 5.65. The van der Waals surface area contributed by atoms with E-state index in [1.54, 1.807) is 0 Å². The van der Waals surface area contributed by atoms with E-state index in [9.17, 15) is 0 Å². The molecule has 17 heavy (non-hydrogen) atoms. The Hall–Kier alpha value is -1.42. The predicted octanol–water partition coefficient (Wildman–Crippen LogP) is 4.15. The molecular formula is C13H13BrN2O. The number of hydrogen-bond acceptors (Lipinski definition) is 3. The van der Waals surface area contributed by atoms with E-state index in [2.05, 4.69) is 39.7 Å². The molecule has 0 N–H and O–H groups in total. The number of rotatable bonds is 3. The van der Waals surface area contributed by atoms with Crippen molar-refractivity contribution in [2.45, 2.75) is 19.8 Å². The molecule has 0 amide bonds.